The Bertz CT molecular complexity index is 761. The van der Waals surface area contributed by atoms with E-state index in [1.807, 2.05) is 0 Å². The van der Waals surface area contributed by atoms with Gasteiger partial charge in [-0.25, -0.2) is 4.39 Å². The Morgan fingerprint density at radius 2 is 2.04 bits per heavy atom. The molecule has 1 atom stereocenters. The van der Waals surface area contributed by atoms with Crippen molar-refractivity contribution in [2.75, 3.05) is 23.7 Å². The van der Waals surface area contributed by atoms with Crippen LogP contribution in [0.25, 0.3) is 0 Å². The van der Waals surface area contributed by atoms with E-state index in [-0.39, 0.29) is 23.2 Å². The lowest BCUT2D eigenvalue weighted by Crippen LogP contribution is -2.37. The highest BCUT2D eigenvalue weighted by molar-refractivity contribution is 6.06. The summed E-state index contributed by atoms with van der Waals surface area (Å²) in [6, 6.07) is 8.83. The van der Waals surface area contributed by atoms with Gasteiger partial charge in [-0.05, 0) is 49.7 Å². The molecule has 2 aromatic rings. The van der Waals surface area contributed by atoms with E-state index in [0.29, 0.717) is 12.2 Å². The molecule has 3 rings (SSSR count). The number of rotatable bonds is 4. The number of benzene rings is 1. The average molecular weight is 342 g/mol. The summed E-state index contributed by atoms with van der Waals surface area (Å²) in [6.45, 7) is 1.49. The quantitative estimate of drug-likeness (QED) is 0.797. The molecule has 0 saturated carbocycles. The molecule has 0 bridgehead atoms. The van der Waals surface area contributed by atoms with E-state index >= 15 is 0 Å². The molecule has 7 heteroatoms. The molecule has 6 nitrogen and oxygen atoms in total. The first-order chi connectivity index (χ1) is 12.1. The Kier molecular flexibility index (Phi) is 5.35. The number of nitrogens with zero attached hydrogens (tertiary/aromatic N) is 1. The smallest absolute Gasteiger partial charge is 0.274 e. The third-order valence-corrected chi connectivity index (χ3v) is 4.05. The van der Waals surface area contributed by atoms with Crippen molar-refractivity contribution in [3.05, 3.63) is 54.1 Å². The zero-order valence-electron chi connectivity index (χ0n) is 13.6. The van der Waals surface area contributed by atoms with Gasteiger partial charge in [-0.3, -0.25) is 14.6 Å². The summed E-state index contributed by atoms with van der Waals surface area (Å²) in [5.41, 5.74) is 0.801. The van der Waals surface area contributed by atoms with Gasteiger partial charge in [-0.15, -0.1) is 0 Å². The molecule has 1 aromatic carbocycles. The largest absolute Gasteiger partial charge is 0.324 e. The van der Waals surface area contributed by atoms with Crippen molar-refractivity contribution in [2.24, 2.45) is 5.92 Å². The zero-order chi connectivity index (χ0) is 17.6. The van der Waals surface area contributed by atoms with E-state index in [4.69, 9.17) is 0 Å². The van der Waals surface area contributed by atoms with Crippen LogP contribution >= 0.6 is 0 Å². The minimum Gasteiger partial charge on any atom is -0.324 e. The number of hydrogen-bond donors (Lipinski definition) is 3. The van der Waals surface area contributed by atoms with Crippen LogP contribution in [0.15, 0.2) is 42.6 Å². The lowest BCUT2D eigenvalue weighted by molar-refractivity contribution is -0.120. The van der Waals surface area contributed by atoms with E-state index < -0.39 is 11.7 Å². The maximum Gasteiger partial charge on any atom is 0.274 e. The summed E-state index contributed by atoms with van der Waals surface area (Å²) >= 11 is 0. The highest BCUT2D eigenvalue weighted by Crippen LogP contribution is 2.25. The monoisotopic (exact) mass is 342 g/mol. The van der Waals surface area contributed by atoms with E-state index in [1.54, 1.807) is 18.2 Å². The molecule has 1 aromatic heterocycles. The predicted octanol–water partition coefficient (Wildman–Crippen LogP) is 2.41. The Morgan fingerprint density at radius 1 is 1.16 bits per heavy atom. The van der Waals surface area contributed by atoms with Crippen LogP contribution in [-0.2, 0) is 4.79 Å². The minimum atomic E-state index is -0.493. The molecule has 0 aliphatic carbocycles. The standard InChI is InChI=1S/C18H19FN4O2/c19-13-6-7-14(22-18(25)15-5-1-2-9-21-15)16(10-13)23-17(24)12-4-3-8-20-11-12/h1-2,5-7,9-10,12,20H,3-4,8,11H2,(H,22,25)(H,23,24). The number of amides is 2. The zero-order valence-corrected chi connectivity index (χ0v) is 13.6. The number of carbonyl (C=O) groups excluding carboxylic acids is 2. The molecule has 25 heavy (non-hydrogen) atoms. The SMILES string of the molecule is O=C(Nc1ccc(F)cc1NC(=O)C1CCCNC1)c1ccccn1. The molecule has 0 radical (unpaired) electrons. The fraction of sp³-hybridized carbons (Fsp3) is 0.278. The van der Waals surface area contributed by atoms with Crippen molar-refractivity contribution in [1.29, 1.82) is 0 Å². The molecule has 2 amide bonds. The highest BCUT2D eigenvalue weighted by atomic mass is 19.1. The van der Waals surface area contributed by atoms with Gasteiger partial charge >= 0.3 is 0 Å². The molecular formula is C18H19FN4O2. The number of halogens is 1. The van der Waals surface area contributed by atoms with Crippen molar-refractivity contribution in [3.63, 3.8) is 0 Å². The van der Waals surface area contributed by atoms with Crippen LogP contribution in [0.2, 0.25) is 0 Å². The van der Waals surface area contributed by atoms with Gasteiger partial charge in [0.1, 0.15) is 11.5 Å². The van der Waals surface area contributed by atoms with Crippen LogP contribution < -0.4 is 16.0 Å². The van der Waals surface area contributed by atoms with Crippen molar-refractivity contribution in [3.8, 4) is 0 Å². The number of piperidine rings is 1. The van der Waals surface area contributed by atoms with Crippen molar-refractivity contribution >= 4 is 23.2 Å². The van der Waals surface area contributed by atoms with Crippen LogP contribution in [0.1, 0.15) is 23.3 Å². The molecule has 0 spiro atoms. The Morgan fingerprint density at radius 3 is 2.76 bits per heavy atom. The van der Waals surface area contributed by atoms with Gasteiger partial charge in [-0.1, -0.05) is 6.07 Å². The number of anilines is 2. The molecular weight excluding hydrogens is 323 g/mol. The molecule has 3 N–H and O–H groups in total. The van der Waals surface area contributed by atoms with Crippen molar-refractivity contribution in [2.45, 2.75) is 12.8 Å². The van der Waals surface area contributed by atoms with Gasteiger partial charge in [-0.2, -0.15) is 0 Å². The van der Waals surface area contributed by atoms with Crippen LogP contribution in [0.5, 0.6) is 0 Å². The van der Waals surface area contributed by atoms with Gasteiger partial charge in [0, 0.05) is 12.7 Å². The van der Waals surface area contributed by atoms with E-state index in [9.17, 15) is 14.0 Å². The second-order valence-electron chi connectivity index (χ2n) is 5.89. The average Bonchev–Trinajstić information content (AvgIpc) is 2.65. The summed E-state index contributed by atoms with van der Waals surface area (Å²) in [5, 5.41) is 8.56. The molecule has 130 valence electrons. The van der Waals surface area contributed by atoms with E-state index in [1.165, 1.54) is 24.4 Å². The van der Waals surface area contributed by atoms with Crippen molar-refractivity contribution in [1.82, 2.24) is 10.3 Å². The Hall–Kier alpha value is -2.80. The van der Waals surface area contributed by atoms with Gasteiger partial charge in [0.05, 0.1) is 17.3 Å². The minimum absolute atomic E-state index is 0.170. The van der Waals surface area contributed by atoms with Gasteiger partial charge in [0.15, 0.2) is 0 Å². The second-order valence-corrected chi connectivity index (χ2v) is 5.89. The topological polar surface area (TPSA) is 83.1 Å². The molecule has 1 unspecified atom stereocenters. The normalized spacial score (nSPS) is 16.9. The van der Waals surface area contributed by atoms with Crippen LogP contribution in [-0.4, -0.2) is 29.9 Å². The Balaban J connectivity index is 1.76. The number of hydrogen-bond acceptors (Lipinski definition) is 4. The first kappa shape index (κ1) is 17.0. The first-order valence-corrected chi connectivity index (χ1v) is 8.17. The van der Waals surface area contributed by atoms with Gasteiger partial charge in [0.2, 0.25) is 5.91 Å². The second kappa shape index (κ2) is 7.85. The van der Waals surface area contributed by atoms with Crippen LogP contribution in [0.4, 0.5) is 15.8 Å². The molecule has 1 saturated heterocycles. The highest BCUT2D eigenvalue weighted by Gasteiger charge is 2.22. The van der Waals surface area contributed by atoms with Gasteiger partial charge < -0.3 is 16.0 Å². The predicted molar refractivity (Wildman–Crippen MR) is 92.8 cm³/mol. The summed E-state index contributed by atoms with van der Waals surface area (Å²) in [6.07, 6.45) is 3.21. The maximum atomic E-state index is 13.6. The Labute approximate surface area is 144 Å². The summed E-state index contributed by atoms with van der Waals surface area (Å²) in [7, 11) is 0. The first-order valence-electron chi connectivity index (χ1n) is 8.17. The fourth-order valence-electron chi connectivity index (χ4n) is 2.72. The molecule has 2 heterocycles. The van der Waals surface area contributed by atoms with Crippen LogP contribution in [0, 0.1) is 11.7 Å². The lowest BCUT2D eigenvalue weighted by Gasteiger charge is -2.22. The van der Waals surface area contributed by atoms with Gasteiger partial charge in [0.25, 0.3) is 5.91 Å². The third-order valence-electron chi connectivity index (χ3n) is 4.05. The third kappa shape index (κ3) is 4.39. The summed E-state index contributed by atoms with van der Waals surface area (Å²) in [5.74, 6) is -1.28. The summed E-state index contributed by atoms with van der Waals surface area (Å²) < 4.78 is 13.6. The van der Waals surface area contributed by atoms with Crippen LogP contribution in [0.3, 0.4) is 0 Å². The summed E-state index contributed by atoms with van der Waals surface area (Å²) in [4.78, 5) is 28.6. The van der Waals surface area contributed by atoms with Crippen molar-refractivity contribution < 1.29 is 14.0 Å². The number of carbonyl (C=O) groups is 2. The maximum absolute atomic E-state index is 13.6. The van der Waals surface area contributed by atoms with E-state index in [2.05, 4.69) is 20.9 Å². The number of nitrogens with one attached hydrogen (secondary N) is 3. The lowest BCUT2D eigenvalue weighted by atomic mass is 9.98. The molecule has 1 aliphatic rings. The number of aromatic nitrogens is 1. The molecule has 1 aliphatic heterocycles. The molecule has 1 fully saturated rings. The number of pyridine rings is 1. The fourth-order valence-corrected chi connectivity index (χ4v) is 2.72. The van der Waals surface area contributed by atoms with E-state index in [0.717, 1.165) is 19.4 Å².